The first-order valence-electron chi connectivity index (χ1n) is 7.91. The summed E-state index contributed by atoms with van der Waals surface area (Å²) in [5.41, 5.74) is 2.44. The topological polar surface area (TPSA) is 35.1 Å². The van der Waals surface area contributed by atoms with Crippen LogP contribution in [0.2, 0.25) is 0 Å². The Labute approximate surface area is 161 Å². The number of nitrogens with one attached hydrogen (secondary N) is 1. The van der Waals surface area contributed by atoms with E-state index in [-0.39, 0.29) is 10.8 Å². The first kappa shape index (κ1) is 19.9. The third kappa shape index (κ3) is 5.81. The smallest absolute Gasteiger partial charge is 0.136 e. The van der Waals surface area contributed by atoms with Crippen molar-refractivity contribution in [3.8, 4) is 0 Å². The summed E-state index contributed by atoms with van der Waals surface area (Å²) in [5.74, 6) is 0.942. The Morgan fingerprint density at radius 3 is 2.46 bits per heavy atom. The standard InChI is InChI=1S/C19H24BrNOS2/c1-14(21-24(22)19(2,3)4)17-12-16(10-11-18(17)20)23-13-15-8-6-5-7-9-15/h5-12,14,21H,13H2,1-4H3/t14-,24?/m1/s1. The van der Waals surface area contributed by atoms with Gasteiger partial charge in [0.2, 0.25) is 0 Å². The molecule has 2 aromatic carbocycles. The van der Waals surface area contributed by atoms with Crippen LogP contribution in [0, 0.1) is 0 Å². The molecule has 1 unspecified atom stereocenters. The van der Waals surface area contributed by atoms with E-state index < -0.39 is 11.4 Å². The van der Waals surface area contributed by atoms with Crippen molar-refractivity contribution in [2.75, 3.05) is 0 Å². The molecule has 24 heavy (non-hydrogen) atoms. The number of rotatable bonds is 6. The van der Waals surface area contributed by atoms with Crippen LogP contribution in [-0.2, 0) is 17.1 Å². The summed E-state index contributed by atoms with van der Waals surface area (Å²) >= 11 is 4.34. The summed E-state index contributed by atoms with van der Waals surface area (Å²) in [5, 5.41) is 0. The van der Waals surface area contributed by atoms with Crippen molar-refractivity contribution in [2.45, 2.75) is 49.1 Å². The van der Waals surface area contributed by atoms with Crippen molar-refractivity contribution in [1.82, 2.24) is 4.72 Å². The number of benzene rings is 2. The monoisotopic (exact) mass is 425 g/mol. The van der Waals surface area contributed by atoms with Gasteiger partial charge in [-0.05, 0) is 57.0 Å². The van der Waals surface area contributed by atoms with Gasteiger partial charge >= 0.3 is 0 Å². The summed E-state index contributed by atoms with van der Waals surface area (Å²) in [6.45, 7) is 7.98. The Morgan fingerprint density at radius 1 is 1.17 bits per heavy atom. The zero-order valence-electron chi connectivity index (χ0n) is 14.5. The van der Waals surface area contributed by atoms with E-state index in [1.54, 1.807) is 0 Å². The van der Waals surface area contributed by atoms with Crippen LogP contribution < -0.4 is 4.72 Å². The molecule has 0 aliphatic heterocycles. The van der Waals surface area contributed by atoms with Gasteiger partial charge < -0.3 is 4.55 Å². The molecule has 5 heteroatoms. The fraction of sp³-hybridized carbons (Fsp3) is 0.368. The van der Waals surface area contributed by atoms with Gasteiger partial charge in [0.05, 0.1) is 6.04 Å². The first-order valence-corrected chi connectivity index (χ1v) is 10.8. The minimum atomic E-state index is -1.09. The lowest BCUT2D eigenvalue weighted by Crippen LogP contribution is -2.40. The number of hydrogen-bond donors (Lipinski definition) is 1. The van der Waals surface area contributed by atoms with E-state index in [0.717, 1.165) is 15.8 Å². The number of thioether (sulfide) groups is 1. The van der Waals surface area contributed by atoms with Gasteiger partial charge in [0, 0.05) is 26.5 Å². The highest BCUT2D eigenvalue weighted by molar-refractivity contribution is 9.10. The largest absolute Gasteiger partial charge is 0.598 e. The fourth-order valence-corrected chi connectivity index (χ4v) is 4.38. The maximum absolute atomic E-state index is 12.3. The molecule has 0 fully saturated rings. The normalized spacial score (nSPS) is 14.4. The molecule has 0 radical (unpaired) electrons. The van der Waals surface area contributed by atoms with Crippen LogP contribution in [0.3, 0.4) is 0 Å². The van der Waals surface area contributed by atoms with E-state index in [4.69, 9.17) is 0 Å². The molecule has 1 N–H and O–H groups in total. The lowest BCUT2D eigenvalue weighted by molar-refractivity contribution is 0.531. The number of halogens is 1. The fourth-order valence-electron chi connectivity index (χ4n) is 2.09. The highest BCUT2D eigenvalue weighted by Gasteiger charge is 2.28. The highest BCUT2D eigenvalue weighted by atomic mass is 79.9. The summed E-state index contributed by atoms with van der Waals surface area (Å²) in [6.07, 6.45) is 0. The lowest BCUT2D eigenvalue weighted by atomic mass is 10.1. The molecule has 2 nitrogen and oxygen atoms in total. The summed E-state index contributed by atoms with van der Waals surface area (Å²) in [7, 11) is 0. The summed E-state index contributed by atoms with van der Waals surface area (Å²) in [4.78, 5) is 1.22. The van der Waals surface area contributed by atoms with Crippen LogP contribution in [-0.4, -0.2) is 9.30 Å². The van der Waals surface area contributed by atoms with Gasteiger partial charge in [-0.1, -0.05) is 46.3 Å². The Hall–Kier alpha value is -0.460. The predicted octanol–water partition coefficient (Wildman–Crippen LogP) is 5.85. The SMILES string of the molecule is C[C@@H](N[S+]([O-])C(C)(C)C)c1cc(SCc2ccccc2)ccc1Br. The third-order valence-electron chi connectivity index (χ3n) is 3.52. The molecule has 130 valence electrons. The second-order valence-corrected chi connectivity index (χ2v) is 10.6. The molecule has 2 aromatic rings. The molecule has 0 aliphatic rings. The van der Waals surface area contributed by atoms with Gasteiger partial charge in [0.25, 0.3) is 0 Å². The predicted molar refractivity (Wildman–Crippen MR) is 110 cm³/mol. The molecule has 2 atom stereocenters. The molecule has 0 aromatic heterocycles. The van der Waals surface area contributed by atoms with E-state index in [9.17, 15) is 4.55 Å². The average molecular weight is 426 g/mol. The first-order chi connectivity index (χ1) is 11.3. The van der Waals surface area contributed by atoms with Crippen LogP contribution in [0.4, 0.5) is 0 Å². The van der Waals surface area contributed by atoms with E-state index >= 15 is 0 Å². The highest BCUT2D eigenvalue weighted by Crippen LogP contribution is 2.31. The summed E-state index contributed by atoms with van der Waals surface area (Å²) in [6, 6.07) is 16.8. The second-order valence-electron chi connectivity index (χ2n) is 6.68. The van der Waals surface area contributed by atoms with Gasteiger partial charge in [-0.15, -0.1) is 16.5 Å². The molecule has 2 rings (SSSR count). The van der Waals surface area contributed by atoms with Gasteiger partial charge in [-0.3, -0.25) is 0 Å². The molecular formula is C19H24BrNOS2. The van der Waals surface area contributed by atoms with Gasteiger partial charge in [-0.2, -0.15) is 0 Å². The van der Waals surface area contributed by atoms with Gasteiger partial charge in [0.15, 0.2) is 0 Å². The zero-order valence-corrected chi connectivity index (χ0v) is 17.7. The second kappa shape index (κ2) is 8.77. The van der Waals surface area contributed by atoms with Crippen molar-refractivity contribution in [1.29, 1.82) is 0 Å². The zero-order chi connectivity index (χ0) is 17.7. The molecule has 0 heterocycles. The van der Waals surface area contributed by atoms with Crippen LogP contribution >= 0.6 is 27.7 Å². The molecule has 0 aliphatic carbocycles. The van der Waals surface area contributed by atoms with Gasteiger partial charge in [-0.25, -0.2) is 0 Å². The number of hydrogen-bond acceptors (Lipinski definition) is 3. The molecule has 0 bridgehead atoms. The average Bonchev–Trinajstić information content (AvgIpc) is 2.54. The van der Waals surface area contributed by atoms with Crippen molar-refractivity contribution < 1.29 is 4.55 Å². The van der Waals surface area contributed by atoms with Crippen LogP contribution in [0.5, 0.6) is 0 Å². The van der Waals surface area contributed by atoms with E-state index in [1.165, 1.54) is 10.5 Å². The van der Waals surface area contributed by atoms with Crippen molar-refractivity contribution in [3.63, 3.8) is 0 Å². The quantitative estimate of drug-likeness (QED) is 0.465. The maximum atomic E-state index is 12.3. The van der Waals surface area contributed by atoms with Crippen LogP contribution in [0.25, 0.3) is 0 Å². The molecular weight excluding hydrogens is 402 g/mol. The Kier molecular flexibility index (Phi) is 7.25. The van der Waals surface area contributed by atoms with E-state index in [1.807, 2.05) is 38.6 Å². The molecule has 0 spiro atoms. The summed E-state index contributed by atoms with van der Waals surface area (Å²) < 4.78 is 16.3. The van der Waals surface area contributed by atoms with Crippen LogP contribution in [0.1, 0.15) is 44.9 Å². The maximum Gasteiger partial charge on any atom is 0.136 e. The minimum Gasteiger partial charge on any atom is -0.598 e. The molecule has 0 saturated carbocycles. The molecule has 0 amide bonds. The van der Waals surface area contributed by atoms with Crippen LogP contribution in [0.15, 0.2) is 57.9 Å². The third-order valence-corrected chi connectivity index (χ3v) is 6.99. The minimum absolute atomic E-state index is 0.0108. The van der Waals surface area contributed by atoms with Crippen molar-refractivity contribution >= 4 is 39.1 Å². The Morgan fingerprint density at radius 2 is 1.83 bits per heavy atom. The van der Waals surface area contributed by atoms with Crippen molar-refractivity contribution in [2.24, 2.45) is 0 Å². The van der Waals surface area contributed by atoms with E-state index in [2.05, 4.69) is 70.0 Å². The lowest BCUT2D eigenvalue weighted by Gasteiger charge is -2.27. The van der Waals surface area contributed by atoms with Crippen molar-refractivity contribution in [3.05, 3.63) is 64.1 Å². The van der Waals surface area contributed by atoms with Gasteiger partial charge in [0.1, 0.15) is 4.75 Å². The Balaban J connectivity index is 2.07. The molecule has 0 saturated heterocycles. The van der Waals surface area contributed by atoms with E-state index in [0.29, 0.717) is 0 Å². The Bertz CT molecular complexity index is 658.